The van der Waals surface area contributed by atoms with E-state index in [2.05, 4.69) is 27.6 Å². The molecule has 2 rings (SSSR count). The molecule has 0 spiro atoms. The Morgan fingerprint density at radius 3 is 3.00 bits per heavy atom. The van der Waals surface area contributed by atoms with Crippen molar-refractivity contribution in [3.8, 4) is 0 Å². The SMILES string of the molecule is NC1CCN(C(=O)c2cc(I)c[nH]2)C1. The van der Waals surface area contributed by atoms with Crippen LogP contribution < -0.4 is 5.73 Å². The van der Waals surface area contributed by atoms with Gasteiger partial charge >= 0.3 is 0 Å². The fourth-order valence-electron chi connectivity index (χ4n) is 1.63. The number of carbonyl (C=O) groups excluding carboxylic acids is 1. The van der Waals surface area contributed by atoms with Crippen LogP contribution in [0.3, 0.4) is 0 Å². The number of likely N-dealkylation sites (tertiary alicyclic amines) is 1. The first kappa shape index (κ1) is 9.97. The van der Waals surface area contributed by atoms with Crippen molar-refractivity contribution in [3.05, 3.63) is 21.5 Å². The minimum atomic E-state index is 0.0564. The molecule has 0 aliphatic carbocycles. The fourth-order valence-corrected chi connectivity index (χ4v) is 2.10. The molecule has 0 saturated carbocycles. The molecular formula is C9H12IN3O. The molecule has 1 aromatic rings. The summed E-state index contributed by atoms with van der Waals surface area (Å²) in [6, 6.07) is 2.00. The van der Waals surface area contributed by atoms with Crippen LogP contribution in [0.25, 0.3) is 0 Å². The van der Waals surface area contributed by atoms with Gasteiger partial charge < -0.3 is 15.6 Å². The van der Waals surface area contributed by atoms with Gasteiger partial charge in [-0.1, -0.05) is 0 Å². The second kappa shape index (κ2) is 3.90. The third-order valence-corrected chi connectivity index (χ3v) is 3.01. The second-order valence-electron chi connectivity index (χ2n) is 3.53. The van der Waals surface area contributed by atoms with E-state index in [4.69, 9.17) is 5.73 Å². The molecular weight excluding hydrogens is 293 g/mol. The Kier molecular flexibility index (Phi) is 2.78. The van der Waals surface area contributed by atoms with Gasteiger partial charge in [-0.25, -0.2) is 0 Å². The molecule has 3 N–H and O–H groups in total. The van der Waals surface area contributed by atoms with Gasteiger partial charge in [0, 0.05) is 28.9 Å². The molecule has 1 aliphatic heterocycles. The van der Waals surface area contributed by atoms with Gasteiger partial charge in [-0.3, -0.25) is 4.79 Å². The third-order valence-electron chi connectivity index (χ3n) is 2.39. The third kappa shape index (κ3) is 1.93. The van der Waals surface area contributed by atoms with E-state index in [9.17, 15) is 4.79 Å². The molecule has 2 heterocycles. The molecule has 1 aliphatic rings. The number of nitrogens with one attached hydrogen (secondary N) is 1. The number of hydrogen-bond donors (Lipinski definition) is 2. The first-order valence-corrected chi connectivity index (χ1v) is 5.63. The predicted octanol–water partition coefficient (Wildman–Crippen LogP) is 0.792. The lowest BCUT2D eigenvalue weighted by molar-refractivity contribution is 0.0786. The van der Waals surface area contributed by atoms with Crippen LogP contribution in [-0.4, -0.2) is 34.9 Å². The lowest BCUT2D eigenvalue weighted by atomic mass is 10.3. The molecule has 76 valence electrons. The molecule has 1 atom stereocenters. The van der Waals surface area contributed by atoms with Crippen molar-refractivity contribution in [1.29, 1.82) is 0 Å². The van der Waals surface area contributed by atoms with Gasteiger partial charge in [0.05, 0.1) is 0 Å². The second-order valence-corrected chi connectivity index (χ2v) is 4.78. The average molecular weight is 305 g/mol. The Balaban J connectivity index is 2.09. The zero-order valence-corrected chi connectivity index (χ0v) is 9.82. The summed E-state index contributed by atoms with van der Waals surface area (Å²) >= 11 is 2.17. The molecule has 5 heteroatoms. The van der Waals surface area contributed by atoms with Crippen molar-refractivity contribution in [2.75, 3.05) is 13.1 Å². The summed E-state index contributed by atoms with van der Waals surface area (Å²) in [6.07, 6.45) is 2.73. The molecule has 0 bridgehead atoms. The Morgan fingerprint density at radius 1 is 1.71 bits per heavy atom. The average Bonchev–Trinajstić information content (AvgIpc) is 2.73. The molecule has 0 aromatic carbocycles. The molecule has 1 unspecified atom stereocenters. The summed E-state index contributed by atoms with van der Waals surface area (Å²) in [7, 11) is 0. The van der Waals surface area contributed by atoms with E-state index < -0.39 is 0 Å². The number of rotatable bonds is 1. The van der Waals surface area contributed by atoms with Crippen molar-refractivity contribution in [3.63, 3.8) is 0 Å². The summed E-state index contributed by atoms with van der Waals surface area (Å²) < 4.78 is 1.05. The number of halogens is 1. The van der Waals surface area contributed by atoms with Gasteiger partial charge in [-0.15, -0.1) is 0 Å². The number of nitrogens with zero attached hydrogens (tertiary/aromatic N) is 1. The molecule has 1 saturated heterocycles. The van der Waals surface area contributed by atoms with E-state index in [0.717, 1.165) is 16.5 Å². The maximum Gasteiger partial charge on any atom is 0.270 e. The zero-order chi connectivity index (χ0) is 10.1. The van der Waals surface area contributed by atoms with Crippen molar-refractivity contribution >= 4 is 28.5 Å². The highest BCUT2D eigenvalue weighted by atomic mass is 127. The van der Waals surface area contributed by atoms with E-state index in [1.54, 1.807) is 4.90 Å². The number of carbonyl (C=O) groups is 1. The summed E-state index contributed by atoms with van der Waals surface area (Å²) in [5.41, 5.74) is 6.40. The van der Waals surface area contributed by atoms with Crippen molar-refractivity contribution < 1.29 is 4.79 Å². The largest absolute Gasteiger partial charge is 0.356 e. The highest BCUT2D eigenvalue weighted by Crippen LogP contribution is 2.13. The molecule has 1 aromatic heterocycles. The number of aromatic nitrogens is 1. The van der Waals surface area contributed by atoms with Crippen LogP contribution in [0, 0.1) is 3.57 Å². The highest BCUT2D eigenvalue weighted by molar-refractivity contribution is 14.1. The Hall–Kier alpha value is -0.560. The Bertz CT molecular complexity index is 350. The molecule has 4 nitrogen and oxygen atoms in total. The maximum absolute atomic E-state index is 11.8. The summed E-state index contributed by atoms with van der Waals surface area (Å²) in [4.78, 5) is 16.6. The summed E-state index contributed by atoms with van der Waals surface area (Å²) in [5, 5.41) is 0. The quantitative estimate of drug-likeness (QED) is 0.754. The molecule has 0 radical (unpaired) electrons. The van der Waals surface area contributed by atoms with Gasteiger partial charge in [0.25, 0.3) is 5.91 Å². The monoisotopic (exact) mass is 305 g/mol. The zero-order valence-electron chi connectivity index (χ0n) is 7.66. The van der Waals surface area contributed by atoms with E-state index in [1.807, 2.05) is 12.3 Å². The minimum Gasteiger partial charge on any atom is -0.356 e. The van der Waals surface area contributed by atoms with Gasteiger partial charge in [-0.05, 0) is 35.1 Å². The lowest BCUT2D eigenvalue weighted by Gasteiger charge is -2.14. The Labute approximate surface area is 96.0 Å². The first-order valence-electron chi connectivity index (χ1n) is 4.55. The van der Waals surface area contributed by atoms with E-state index in [1.165, 1.54) is 0 Å². The number of amides is 1. The van der Waals surface area contributed by atoms with Crippen LogP contribution in [0.4, 0.5) is 0 Å². The topological polar surface area (TPSA) is 62.1 Å². The highest BCUT2D eigenvalue weighted by Gasteiger charge is 2.25. The minimum absolute atomic E-state index is 0.0564. The Morgan fingerprint density at radius 2 is 2.50 bits per heavy atom. The van der Waals surface area contributed by atoms with Crippen LogP contribution in [-0.2, 0) is 0 Å². The van der Waals surface area contributed by atoms with Crippen LogP contribution in [0.2, 0.25) is 0 Å². The standard InChI is InChI=1S/C9H12IN3O/c10-6-3-8(12-4-6)9(14)13-2-1-7(11)5-13/h3-4,7,12H,1-2,5,11H2. The van der Waals surface area contributed by atoms with Crippen LogP contribution >= 0.6 is 22.6 Å². The first-order chi connectivity index (χ1) is 6.66. The van der Waals surface area contributed by atoms with Crippen molar-refractivity contribution in [1.82, 2.24) is 9.88 Å². The van der Waals surface area contributed by atoms with Crippen LogP contribution in [0.15, 0.2) is 12.3 Å². The van der Waals surface area contributed by atoms with Crippen molar-refractivity contribution in [2.45, 2.75) is 12.5 Å². The molecule has 14 heavy (non-hydrogen) atoms. The fraction of sp³-hybridized carbons (Fsp3) is 0.444. The van der Waals surface area contributed by atoms with E-state index in [0.29, 0.717) is 12.2 Å². The summed E-state index contributed by atoms with van der Waals surface area (Å²) in [5.74, 6) is 0.0564. The van der Waals surface area contributed by atoms with Gasteiger partial charge in [0.2, 0.25) is 0 Å². The number of hydrogen-bond acceptors (Lipinski definition) is 2. The predicted molar refractivity (Wildman–Crippen MR) is 62.0 cm³/mol. The normalized spacial score (nSPS) is 21.6. The lowest BCUT2D eigenvalue weighted by Crippen LogP contribution is -2.32. The van der Waals surface area contributed by atoms with Gasteiger partial charge in [-0.2, -0.15) is 0 Å². The van der Waals surface area contributed by atoms with E-state index in [-0.39, 0.29) is 11.9 Å². The number of aromatic amines is 1. The summed E-state index contributed by atoms with van der Waals surface area (Å²) in [6.45, 7) is 1.45. The maximum atomic E-state index is 11.8. The van der Waals surface area contributed by atoms with Crippen molar-refractivity contribution in [2.24, 2.45) is 5.73 Å². The van der Waals surface area contributed by atoms with Crippen LogP contribution in [0.1, 0.15) is 16.9 Å². The smallest absolute Gasteiger partial charge is 0.270 e. The molecule has 1 fully saturated rings. The van der Waals surface area contributed by atoms with E-state index >= 15 is 0 Å². The van der Waals surface area contributed by atoms with Crippen LogP contribution in [0.5, 0.6) is 0 Å². The number of H-pyrrole nitrogens is 1. The van der Waals surface area contributed by atoms with Gasteiger partial charge in [0.1, 0.15) is 5.69 Å². The van der Waals surface area contributed by atoms with Gasteiger partial charge in [0.15, 0.2) is 0 Å². The number of nitrogens with two attached hydrogens (primary N) is 1. The molecule has 1 amide bonds.